The molecule has 0 saturated heterocycles. The molecule has 0 heterocycles. The molecule has 0 unspecified atom stereocenters. The Morgan fingerprint density at radius 1 is 1.07 bits per heavy atom. The highest BCUT2D eigenvalue weighted by atomic mass is 32.2. The molecule has 2 aromatic carbocycles. The van der Waals surface area contributed by atoms with Crippen LogP contribution in [0.25, 0.3) is 0 Å². The summed E-state index contributed by atoms with van der Waals surface area (Å²) in [7, 11) is -1.89. The number of hydrogen-bond acceptors (Lipinski definition) is 4. The van der Waals surface area contributed by atoms with Crippen molar-refractivity contribution in [3.8, 4) is 0 Å². The van der Waals surface area contributed by atoms with Crippen molar-refractivity contribution in [2.75, 3.05) is 30.8 Å². The average Bonchev–Trinajstić information content (AvgIpc) is 2.60. The van der Waals surface area contributed by atoms with E-state index in [2.05, 4.69) is 5.32 Å². The normalized spacial score (nSPS) is 11.3. The van der Waals surface area contributed by atoms with Crippen LogP contribution in [-0.2, 0) is 21.3 Å². The minimum absolute atomic E-state index is 0.187. The van der Waals surface area contributed by atoms with E-state index in [1.54, 1.807) is 31.4 Å². The number of nitrogens with zero attached hydrogens (tertiary/aromatic N) is 1. The van der Waals surface area contributed by atoms with Gasteiger partial charge in [-0.3, -0.25) is 9.10 Å². The zero-order valence-electron chi connectivity index (χ0n) is 16.2. The smallest absolute Gasteiger partial charge is 0.251 e. The van der Waals surface area contributed by atoms with E-state index in [1.807, 2.05) is 32.0 Å². The molecule has 0 fully saturated rings. The molecule has 7 heteroatoms. The molecule has 6 nitrogen and oxygen atoms in total. The number of amides is 1. The van der Waals surface area contributed by atoms with Crippen LogP contribution in [0.4, 0.5) is 5.69 Å². The maximum atomic E-state index is 12.4. The summed E-state index contributed by atoms with van der Waals surface area (Å²) in [6, 6.07) is 12.6. The van der Waals surface area contributed by atoms with Crippen LogP contribution < -0.4 is 9.62 Å². The standard InChI is InChI=1S/C20H26N2O4S/c1-15-6-5-7-16(2)19(15)22(27(4,24)25)14-17-8-10-18(11-9-17)20(23)21-12-13-26-3/h5-11H,12-14H2,1-4H3,(H,21,23). The number of methoxy groups -OCH3 is 1. The molecule has 0 spiro atoms. The Bertz CT molecular complexity index is 872. The quantitative estimate of drug-likeness (QED) is 0.703. The van der Waals surface area contributed by atoms with Crippen molar-refractivity contribution >= 4 is 21.6 Å². The number of carbonyl (C=O) groups excluding carboxylic acids is 1. The lowest BCUT2D eigenvalue weighted by atomic mass is 10.1. The molecule has 146 valence electrons. The third-order valence-corrected chi connectivity index (χ3v) is 5.34. The fourth-order valence-corrected chi connectivity index (χ4v) is 3.86. The highest BCUT2D eigenvalue weighted by molar-refractivity contribution is 7.92. The molecule has 0 aliphatic rings. The lowest BCUT2D eigenvalue weighted by Crippen LogP contribution is -2.30. The molecule has 27 heavy (non-hydrogen) atoms. The first-order valence-electron chi connectivity index (χ1n) is 8.64. The maximum absolute atomic E-state index is 12.4. The van der Waals surface area contributed by atoms with Crippen molar-refractivity contribution in [1.29, 1.82) is 0 Å². The van der Waals surface area contributed by atoms with Crippen molar-refractivity contribution in [3.05, 3.63) is 64.7 Å². The average molecular weight is 391 g/mol. The zero-order chi connectivity index (χ0) is 20.0. The van der Waals surface area contributed by atoms with Crippen LogP contribution in [0.1, 0.15) is 27.0 Å². The molecule has 1 amide bonds. The Hall–Kier alpha value is -2.38. The first-order chi connectivity index (χ1) is 12.7. The molecular weight excluding hydrogens is 364 g/mol. The van der Waals surface area contributed by atoms with Gasteiger partial charge in [0.05, 0.1) is 25.1 Å². The number of para-hydroxylation sites is 1. The summed E-state index contributed by atoms with van der Waals surface area (Å²) in [4.78, 5) is 12.1. The van der Waals surface area contributed by atoms with E-state index in [-0.39, 0.29) is 12.5 Å². The van der Waals surface area contributed by atoms with E-state index >= 15 is 0 Å². The van der Waals surface area contributed by atoms with E-state index < -0.39 is 10.0 Å². The largest absolute Gasteiger partial charge is 0.383 e. The molecule has 1 N–H and O–H groups in total. The highest BCUT2D eigenvalue weighted by Crippen LogP contribution is 2.28. The number of ether oxygens (including phenoxy) is 1. The van der Waals surface area contributed by atoms with Gasteiger partial charge in [-0.15, -0.1) is 0 Å². The number of aryl methyl sites for hydroxylation is 2. The summed E-state index contributed by atoms with van der Waals surface area (Å²) in [5, 5.41) is 2.75. The van der Waals surface area contributed by atoms with Gasteiger partial charge >= 0.3 is 0 Å². The van der Waals surface area contributed by atoms with Crippen LogP contribution in [0, 0.1) is 13.8 Å². The molecule has 0 aromatic heterocycles. The number of hydrogen-bond donors (Lipinski definition) is 1. The van der Waals surface area contributed by atoms with Crippen molar-refractivity contribution in [2.24, 2.45) is 0 Å². The summed E-state index contributed by atoms with van der Waals surface area (Å²) in [5.41, 5.74) is 3.81. The van der Waals surface area contributed by atoms with Crippen LogP contribution in [0.5, 0.6) is 0 Å². The Balaban J connectivity index is 2.23. The predicted octanol–water partition coefficient (Wildman–Crippen LogP) is 2.65. The van der Waals surface area contributed by atoms with Gasteiger partial charge in [-0.25, -0.2) is 8.42 Å². The van der Waals surface area contributed by atoms with Crippen LogP contribution in [0.15, 0.2) is 42.5 Å². The van der Waals surface area contributed by atoms with E-state index in [4.69, 9.17) is 4.74 Å². The van der Waals surface area contributed by atoms with Gasteiger partial charge in [0.15, 0.2) is 0 Å². The Morgan fingerprint density at radius 3 is 2.19 bits per heavy atom. The highest BCUT2D eigenvalue weighted by Gasteiger charge is 2.21. The van der Waals surface area contributed by atoms with Gasteiger partial charge in [-0.2, -0.15) is 0 Å². The SMILES string of the molecule is COCCNC(=O)c1ccc(CN(c2c(C)cccc2C)S(C)(=O)=O)cc1. The Labute approximate surface area is 161 Å². The molecule has 0 aliphatic carbocycles. The van der Waals surface area contributed by atoms with E-state index in [1.165, 1.54) is 10.6 Å². The number of anilines is 1. The molecular formula is C20H26N2O4S. The first kappa shape index (κ1) is 20.9. The van der Waals surface area contributed by atoms with Gasteiger partial charge < -0.3 is 10.1 Å². The first-order valence-corrected chi connectivity index (χ1v) is 10.5. The summed E-state index contributed by atoms with van der Waals surface area (Å²) in [6.45, 7) is 4.88. The third-order valence-electron chi connectivity index (χ3n) is 4.22. The second kappa shape index (κ2) is 9.01. The van der Waals surface area contributed by atoms with Crippen LogP contribution in [0.3, 0.4) is 0 Å². The molecule has 0 bridgehead atoms. The molecule has 0 radical (unpaired) electrons. The fraction of sp³-hybridized carbons (Fsp3) is 0.350. The van der Waals surface area contributed by atoms with Crippen molar-refractivity contribution < 1.29 is 17.9 Å². The van der Waals surface area contributed by atoms with Crippen molar-refractivity contribution in [2.45, 2.75) is 20.4 Å². The second-order valence-electron chi connectivity index (χ2n) is 6.46. The number of nitrogens with one attached hydrogen (secondary N) is 1. The van der Waals surface area contributed by atoms with Gasteiger partial charge in [0.1, 0.15) is 0 Å². The van der Waals surface area contributed by atoms with Crippen LogP contribution in [0.2, 0.25) is 0 Å². The summed E-state index contributed by atoms with van der Waals surface area (Å²) >= 11 is 0. The molecule has 0 aliphatic heterocycles. The van der Waals surface area contributed by atoms with Crippen LogP contribution in [-0.4, -0.2) is 40.8 Å². The van der Waals surface area contributed by atoms with Gasteiger partial charge in [0, 0.05) is 19.2 Å². The molecule has 2 rings (SSSR count). The number of carbonyl (C=O) groups is 1. The summed E-state index contributed by atoms with van der Waals surface area (Å²) in [5.74, 6) is -0.187. The molecule has 2 aromatic rings. The minimum Gasteiger partial charge on any atom is -0.383 e. The number of rotatable bonds is 8. The Kier molecular flexibility index (Phi) is 6.98. The number of sulfonamides is 1. The van der Waals surface area contributed by atoms with Crippen LogP contribution >= 0.6 is 0 Å². The second-order valence-corrected chi connectivity index (χ2v) is 8.36. The van der Waals surface area contributed by atoms with Crippen molar-refractivity contribution in [3.63, 3.8) is 0 Å². The fourth-order valence-electron chi connectivity index (χ4n) is 2.86. The zero-order valence-corrected chi connectivity index (χ0v) is 17.0. The lowest BCUT2D eigenvalue weighted by Gasteiger charge is -2.26. The van der Waals surface area contributed by atoms with Gasteiger partial charge in [-0.1, -0.05) is 30.3 Å². The van der Waals surface area contributed by atoms with Crippen molar-refractivity contribution in [1.82, 2.24) is 5.32 Å². The van der Waals surface area contributed by atoms with Gasteiger partial charge in [0.25, 0.3) is 5.91 Å². The minimum atomic E-state index is -3.46. The topological polar surface area (TPSA) is 75.7 Å². The summed E-state index contributed by atoms with van der Waals surface area (Å²) in [6.07, 6.45) is 1.20. The third kappa shape index (κ3) is 5.55. The molecule has 0 saturated carbocycles. The monoisotopic (exact) mass is 390 g/mol. The number of benzene rings is 2. The molecule has 0 atom stereocenters. The van der Waals surface area contributed by atoms with Gasteiger partial charge in [0.2, 0.25) is 10.0 Å². The maximum Gasteiger partial charge on any atom is 0.251 e. The summed E-state index contributed by atoms with van der Waals surface area (Å²) < 4.78 is 31.1. The van der Waals surface area contributed by atoms with E-state index in [9.17, 15) is 13.2 Å². The van der Waals surface area contributed by atoms with E-state index in [0.717, 1.165) is 16.7 Å². The Morgan fingerprint density at radius 2 is 1.67 bits per heavy atom. The van der Waals surface area contributed by atoms with Gasteiger partial charge in [-0.05, 0) is 42.7 Å². The van der Waals surface area contributed by atoms with E-state index in [0.29, 0.717) is 24.4 Å². The lowest BCUT2D eigenvalue weighted by molar-refractivity contribution is 0.0937. The predicted molar refractivity (Wildman–Crippen MR) is 108 cm³/mol.